The SMILES string of the molecule is CCCN(CCC)C(=O)c1cncc(N2CCN(CC)CC2)c1. The van der Waals surface area contributed by atoms with E-state index >= 15 is 0 Å². The van der Waals surface area contributed by atoms with E-state index in [0.29, 0.717) is 5.56 Å². The Balaban J connectivity index is 2.08. The number of carbonyl (C=O) groups excluding carboxylic acids is 1. The quantitative estimate of drug-likeness (QED) is 0.774. The highest BCUT2D eigenvalue weighted by atomic mass is 16.2. The fourth-order valence-corrected chi connectivity index (χ4v) is 3.08. The Labute approximate surface area is 140 Å². The molecule has 0 atom stereocenters. The molecule has 1 aromatic rings. The first kappa shape index (κ1) is 17.7. The second-order valence-corrected chi connectivity index (χ2v) is 6.15. The molecule has 0 aliphatic carbocycles. The zero-order valence-electron chi connectivity index (χ0n) is 14.8. The van der Waals surface area contributed by atoms with Gasteiger partial charge in [-0.25, -0.2) is 0 Å². The molecule has 0 saturated carbocycles. The summed E-state index contributed by atoms with van der Waals surface area (Å²) < 4.78 is 0. The highest BCUT2D eigenvalue weighted by Gasteiger charge is 2.19. The summed E-state index contributed by atoms with van der Waals surface area (Å²) in [5, 5.41) is 0. The minimum atomic E-state index is 0.107. The van der Waals surface area contributed by atoms with Crippen molar-refractivity contribution in [2.75, 3.05) is 50.7 Å². The van der Waals surface area contributed by atoms with Crippen molar-refractivity contribution < 1.29 is 4.79 Å². The Kier molecular flexibility index (Phi) is 6.84. The van der Waals surface area contributed by atoms with Crippen molar-refractivity contribution >= 4 is 11.6 Å². The third kappa shape index (κ3) is 4.67. The van der Waals surface area contributed by atoms with Crippen molar-refractivity contribution in [1.29, 1.82) is 0 Å². The number of carbonyl (C=O) groups is 1. The number of piperazine rings is 1. The van der Waals surface area contributed by atoms with Gasteiger partial charge in [-0.3, -0.25) is 9.78 Å². The van der Waals surface area contributed by atoms with Crippen molar-refractivity contribution in [3.8, 4) is 0 Å². The monoisotopic (exact) mass is 318 g/mol. The van der Waals surface area contributed by atoms with Crippen LogP contribution in [0.25, 0.3) is 0 Å². The molecule has 1 fully saturated rings. The van der Waals surface area contributed by atoms with Gasteiger partial charge in [-0.15, -0.1) is 0 Å². The van der Waals surface area contributed by atoms with Crippen molar-refractivity contribution in [3.63, 3.8) is 0 Å². The van der Waals surface area contributed by atoms with Crippen LogP contribution in [0.5, 0.6) is 0 Å². The highest BCUT2D eigenvalue weighted by Crippen LogP contribution is 2.18. The molecule has 1 aromatic heterocycles. The summed E-state index contributed by atoms with van der Waals surface area (Å²) in [7, 11) is 0. The van der Waals surface area contributed by atoms with Crippen LogP contribution >= 0.6 is 0 Å². The average Bonchev–Trinajstić information content (AvgIpc) is 2.61. The first-order valence-corrected chi connectivity index (χ1v) is 8.91. The molecule has 1 amide bonds. The van der Waals surface area contributed by atoms with Crippen LogP contribution in [0.4, 0.5) is 5.69 Å². The predicted molar refractivity (Wildman–Crippen MR) is 95.0 cm³/mol. The first-order chi connectivity index (χ1) is 11.2. The lowest BCUT2D eigenvalue weighted by Gasteiger charge is -2.35. The van der Waals surface area contributed by atoms with Crippen molar-refractivity contribution in [3.05, 3.63) is 24.0 Å². The van der Waals surface area contributed by atoms with E-state index in [1.165, 1.54) is 0 Å². The standard InChI is InChI=1S/C18H30N4O/c1-4-7-22(8-5-2)18(23)16-13-17(15-19-14-16)21-11-9-20(6-3)10-12-21/h13-15H,4-12H2,1-3H3. The van der Waals surface area contributed by atoms with Crippen molar-refractivity contribution in [1.82, 2.24) is 14.8 Å². The van der Waals surface area contributed by atoms with E-state index in [0.717, 1.165) is 64.3 Å². The summed E-state index contributed by atoms with van der Waals surface area (Å²) >= 11 is 0. The van der Waals surface area contributed by atoms with E-state index in [1.807, 2.05) is 17.2 Å². The van der Waals surface area contributed by atoms with E-state index in [1.54, 1.807) is 6.20 Å². The number of rotatable bonds is 7. The van der Waals surface area contributed by atoms with Gasteiger partial charge in [-0.2, -0.15) is 0 Å². The van der Waals surface area contributed by atoms with Crippen LogP contribution in [0.3, 0.4) is 0 Å². The molecule has 0 N–H and O–H groups in total. The maximum atomic E-state index is 12.7. The largest absolute Gasteiger partial charge is 0.368 e. The number of amides is 1. The van der Waals surface area contributed by atoms with Gasteiger partial charge in [-0.05, 0) is 25.5 Å². The third-order valence-electron chi connectivity index (χ3n) is 4.43. The van der Waals surface area contributed by atoms with Gasteiger partial charge in [0.1, 0.15) is 0 Å². The molecule has 5 nitrogen and oxygen atoms in total. The van der Waals surface area contributed by atoms with E-state index in [2.05, 4.69) is 35.6 Å². The maximum Gasteiger partial charge on any atom is 0.255 e. The number of aromatic nitrogens is 1. The molecule has 1 saturated heterocycles. The minimum Gasteiger partial charge on any atom is -0.368 e. The minimum absolute atomic E-state index is 0.107. The molecule has 2 rings (SSSR count). The number of nitrogens with zero attached hydrogens (tertiary/aromatic N) is 4. The predicted octanol–water partition coefficient (Wildman–Crippen LogP) is 2.49. The second kappa shape index (κ2) is 8.87. The van der Waals surface area contributed by atoms with Gasteiger partial charge in [-0.1, -0.05) is 20.8 Å². The summed E-state index contributed by atoms with van der Waals surface area (Å²) in [6.45, 7) is 13.3. The Morgan fingerprint density at radius 1 is 1.09 bits per heavy atom. The molecule has 1 aliphatic heterocycles. The molecule has 0 unspecified atom stereocenters. The van der Waals surface area contributed by atoms with Crippen LogP contribution in [-0.2, 0) is 0 Å². The Bertz CT molecular complexity index is 492. The van der Waals surface area contributed by atoms with E-state index in [9.17, 15) is 4.79 Å². The van der Waals surface area contributed by atoms with E-state index < -0.39 is 0 Å². The van der Waals surface area contributed by atoms with Crippen LogP contribution in [-0.4, -0.2) is 66.5 Å². The molecule has 2 heterocycles. The van der Waals surface area contributed by atoms with Crippen LogP contribution in [0.1, 0.15) is 44.0 Å². The number of pyridine rings is 1. The van der Waals surface area contributed by atoms with Gasteiger partial charge in [0.2, 0.25) is 0 Å². The topological polar surface area (TPSA) is 39.7 Å². The number of hydrogen-bond donors (Lipinski definition) is 0. The molecule has 5 heteroatoms. The normalized spacial score (nSPS) is 15.7. The second-order valence-electron chi connectivity index (χ2n) is 6.15. The molecule has 0 aromatic carbocycles. The molecule has 0 bridgehead atoms. The van der Waals surface area contributed by atoms with E-state index in [4.69, 9.17) is 0 Å². The Morgan fingerprint density at radius 2 is 1.74 bits per heavy atom. The lowest BCUT2D eigenvalue weighted by molar-refractivity contribution is 0.0755. The summed E-state index contributed by atoms with van der Waals surface area (Å²) in [5.74, 6) is 0.107. The van der Waals surface area contributed by atoms with Crippen molar-refractivity contribution in [2.45, 2.75) is 33.6 Å². The molecular formula is C18H30N4O. The number of anilines is 1. The molecule has 0 radical (unpaired) electrons. The zero-order chi connectivity index (χ0) is 16.7. The van der Waals surface area contributed by atoms with Gasteiger partial charge < -0.3 is 14.7 Å². The molecular weight excluding hydrogens is 288 g/mol. The number of likely N-dealkylation sites (N-methyl/N-ethyl adjacent to an activating group) is 1. The smallest absolute Gasteiger partial charge is 0.255 e. The summed E-state index contributed by atoms with van der Waals surface area (Å²) in [4.78, 5) is 23.8. The fraction of sp³-hybridized carbons (Fsp3) is 0.667. The van der Waals surface area contributed by atoms with Crippen LogP contribution in [0.2, 0.25) is 0 Å². The fourth-order valence-electron chi connectivity index (χ4n) is 3.08. The number of hydrogen-bond acceptors (Lipinski definition) is 4. The summed E-state index contributed by atoms with van der Waals surface area (Å²) in [6.07, 6.45) is 5.55. The van der Waals surface area contributed by atoms with E-state index in [-0.39, 0.29) is 5.91 Å². The van der Waals surface area contributed by atoms with Crippen LogP contribution in [0.15, 0.2) is 18.5 Å². The lowest BCUT2D eigenvalue weighted by Crippen LogP contribution is -2.46. The van der Waals surface area contributed by atoms with Gasteiger partial charge in [0.25, 0.3) is 5.91 Å². The van der Waals surface area contributed by atoms with Crippen LogP contribution in [0, 0.1) is 0 Å². The highest BCUT2D eigenvalue weighted by molar-refractivity contribution is 5.94. The van der Waals surface area contributed by atoms with Crippen molar-refractivity contribution in [2.24, 2.45) is 0 Å². The summed E-state index contributed by atoms with van der Waals surface area (Å²) in [6, 6.07) is 2.01. The Hall–Kier alpha value is -1.62. The van der Waals surface area contributed by atoms with Gasteiger partial charge in [0.15, 0.2) is 0 Å². The molecule has 23 heavy (non-hydrogen) atoms. The third-order valence-corrected chi connectivity index (χ3v) is 4.43. The van der Waals surface area contributed by atoms with Gasteiger partial charge in [0.05, 0.1) is 17.4 Å². The lowest BCUT2D eigenvalue weighted by atomic mass is 10.2. The summed E-state index contributed by atoms with van der Waals surface area (Å²) in [5.41, 5.74) is 1.78. The molecule has 0 spiro atoms. The Morgan fingerprint density at radius 3 is 2.30 bits per heavy atom. The molecule has 128 valence electrons. The maximum absolute atomic E-state index is 12.7. The van der Waals surface area contributed by atoms with Gasteiger partial charge in [0, 0.05) is 45.5 Å². The average molecular weight is 318 g/mol. The zero-order valence-corrected chi connectivity index (χ0v) is 14.8. The first-order valence-electron chi connectivity index (χ1n) is 8.91. The van der Waals surface area contributed by atoms with Crippen LogP contribution < -0.4 is 4.90 Å². The van der Waals surface area contributed by atoms with Gasteiger partial charge >= 0.3 is 0 Å². The molecule has 1 aliphatic rings.